The lowest BCUT2D eigenvalue weighted by Crippen LogP contribution is -1.93. The van der Waals surface area contributed by atoms with Gasteiger partial charge in [0, 0.05) is 6.61 Å². The van der Waals surface area contributed by atoms with E-state index in [2.05, 4.69) is 0 Å². The van der Waals surface area contributed by atoms with Gasteiger partial charge < -0.3 is 4.43 Å². The van der Waals surface area contributed by atoms with Gasteiger partial charge in [-0.2, -0.15) is 0 Å². The Morgan fingerprint density at radius 2 is 2.12 bits per heavy atom. The maximum absolute atomic E-state index is 5.43. The molecule has 0 saturated carbocycles. The maximum Gasteiger partial charge on any atom is 0.145 e. The van der Waals surface area contributed by atoms with Crippen LogP contribution < -0.4 is 0 Å². The molecule has 0 spiro atoms. The summed E-state index contributed by atoms with van der Waals surface area (Å²) in [6, 6.07) is 0. The highest BCUT2D eigenvalue weighted by Gasteiger charge is 1.95. The molecule has 0 aromatic carbocycles. The first-order valence-electron chi connectivity index (χ1n) is 2.54. The Kier molecular flexibility index (Phi) is 6.44. The van der Waals surface area contributed by atoms with Gasteiger partial charge in [-0.05, 0) is 12.8 Å². The number of alkyl halides is 2. The second-order valence-corrected chi connectivity index (χ2v) is 3.38. The lowest BCUT2D eigenvalue weighted by atomic mass is 10.4. The van der Waals surface area contributed by atoms with E-state index in [1.54, 1.807) is 0 Å². The fraction of sp³-hybridized carbons (Fsp3) is 1.00. The molecule has 0 aromatic heterocycles. The summed E-state index contributed by atoms with van der Waals surface area (Å²) in [5, 5.41) is 0. The number of rotatable bonds is 4. The first kappa shape index (κ1) is 8.76. The summed E-state index contributed by atoms with van der Waals surface area (Å²) < 4.78 is 4.91. The van der Waals surface area contributed by atoms with Gasteiger partial charge in [-0.3, -0.25) is 0 Å². The second kappa shape index (κ2) is 5.89. The number of hydrogen-bond donors (Lipinski definition) is 0. The normalized spacial score (nSPS) is 10.9. The van der Waals surface area contributed by atoms with Gasteiger partial charge in [-0.25, -0.2) is 0 Å². The van der Waals surface area contributed by atoms with Gasteiger partial charge >= 0.3 is 0 Å². The van der Waals surface area contributed by atoms with E-state index in [9.17, 15) is 0 Å². The summed E-state index contributed by atoms with van der Waals surface area (Å²) in [6.07, 6.45) is 1.81. The van der Waals surface area contributed by atoms with Gasteiger partial charge in [0.1, 0.15) is 15.3 Å². The molecular formula is C4H10Cl2OSi. The zero-order valence-corrected chi connectivity index (χ0v) is 8.37. The van der Waals surface area contributed by atoms with Crippen molar-refractivity contribution in [3.8, 4) is 0 Å². The van der Waals surface area contributed by atoms with Crippen LogP contribution in [0.5, 0.6) is 0 Å². The van der Waals surface area contributed by atoms with E-state index in [0.29, 0.717) is 0 Å². The van der Waals surface area contributed by atoms with Crippen molar-refractivity contribution < 1.29 is 4.43 Å². The predicted molar refractivity (Wildman–Crippen MR) is 40.6 cm³/mol. The monoisotopic (exact) mass is 172 g/mol. The van der Waals surface area contributed by atoms with E-state index in [-0.39, 0.29) is 4.84 Å². The first-order chi connectivity index (χ1) is 3.77. The van der Waals surface area contributed by atoms with E-state index in [1.165, 1.54) is 0 Å². The standard InChI is InChI=1S/C4H10Cl2OSi/c5-4(6)2-1-3-7-8/h4H,1-3H2,8H3. The summed E-state index contributed by atoms with van der Waals surface area (Å²) in [4.78, 5) is -0.216. The Bertz CT molecular complexity index is 51.3. The minimum Gasteiger partial charge on any atom is -0.428 e. The van der Waals surface area contributed by atoms with Gasteiger partial charge in [0.25, 0.3) is 0 Å². The van der Waals surface area contributed by atoms with Crippen molar-refractivity contribution in [1.29, 1.82) is 0 Å². The number of halogens is 2. The Hall–Kier alpha value is 0.757. The molecule has 0 radical (unpaired) electrons. The molecule has 0 aromatic rings. The average molecular weight is 173 g/mol. The average Bonchev–Trinajstić information content (AvgIpc) is 1.66. The maximum atomic E-state index is 5.43. The summed E-state index contributed by atoms with van der Waals surface area (Å²) in [5.41, 5.74) is 0. The highest BCUT2D eigenvalue weighted by Crippen LogP contribution is 2.08. The Morgan fingerprint density at radius 1 is 1.50 bits per heavy atom. The second-order valence-electron chi connectivity index (χ2n) is 1.53. The lowest BCUT2D eigenvalue weighted by Gasteiger charge is -1.98. The molecule has 50 valence electrons. The van der Waals surface area contributed by atoms with Crippen molar-refractivity contribution in [2.75, 3.05) is 6.61 Å². The van der Waals surface area contributed by atoms with Crippen molar-refractivity contribution in [2.45, 2.75) is 17.7 Å². The van der Waals surface area contributed by atoms with Gasteiger partial charge in [0.15, 0.2) is 0 Å². The van der Waals surface area contributed by atoms with Crippen LogP contribution in [0.3, 0.4) is 0 Å². The van der Waals surface area contributed by atoms with Crippen LogP contribution in [-0.2, 0) is 4.43 Å². The molecule has 0 aliphatic rings. The molecule has 0 bridgehead atoms. The van der Waals surface area contributed by atoms with Crippen LogP contribution in [0, 0.1) is 0 Å². The van der Waals surface area contributed by atoms with Crippen LogP contribution in [0.2, 0.25) is 0 Å². The van der Waals surface area contributed by atoms with Crippen LogP contribution in [0.1, 0.15) is 12.8 Å². The third-order valence-electron chi connectivity index (χ3n) is 0.771. The first-order valence-corrected chi connectivity index (χ1v) is 4.23. The van der Waals surface area contributed by atoms with Crippen LogP contribution in [0.25, 0.3) is 0 Å². The molecule has 0 unspecified atom stereocenters. The smallest absolute Gasteiger partial charge is 0.145 e. The SMILES string of the molecule is [SiH3]OCCCC(Cl)Cl. The molecule has 4 heteroatoms. The Balaban J connectivity index is 2.72. The van der Waals surface area contributed by atoms with Crippen LogP contribution in [0.4, 0.5) is 0 Å². The van der Waals surface area contributed by atoms with Gasteiger partial charge in [-0.1, -0.05) is 0 Å². The molecule has 0 fully saturated rings. The molecule has 0 rings (SSSR count). The minimum absolute atomic E-state index is 0.216. The van der Waals surface area contributed by atoms with E-state index in [1.807, 2.05) is 0 Å². The molecule has 0 aliphatic carbocycles. The third kappa shape index (κ3) is 6.76. The zero-order chi connectivity index (χ0) is 6.41. The topological polar surface area (TPSA) is 9.23 Å². The van der Waals surface area contributed by atoms with Crippen molar-refractivity contribution >= 4 is 33.7 Å². The summed E-state index contributed by atoms with van der Waals surface area (Å²) >= 11 is 10.9. The van der Waals surface area contributed by atoms with Crippen molar-refractivity contribution in [1.82, 2.24) is 0 Å². The Morgan fingerprint density at radius 3 is 2.50 bits per heavy atom. The Labute approximate surface area is 62.8 Å². The zero-order valence-electron chi connectivity index (χ0n) is 4.86. The fourth-order valence-corrected chi connectivity index (χ4v) is 0.979. The molecule has 0 N–H and O–H groups in total. The van der Waals surface area contributed by atoms with Crippen LogP contribution in [0.15, 0.2) is 0 Å². The predicted octanol–water partition coefficient (Wildman–Crippen LogP) is 0.867. The molecule has 8 heavy (non-hydrogen) atoms. The fourth-order valence-electron chi connectivity index (χ4n) is 0.382. The van der Waals surface area contributed by atoms with Crippen molar-refractivity contribution in [2.24, 2.45) is 0 Å². The molecular weight excluding hydrogens is 163 g/mol. The van der Waals surface area contributed by atoms with E-state index >= 15 is 0 Å². The number of hydrogen-bond acceptors (Lipinski definition) is 1. The lowest BCUT2D eigenvalue weighted by molar-refractivity contribution is 0.338. The van der Waals surface area contributed by atoms with Crippen molar-refractivity contribution in [3.05, 3.63) is 0 Å². The van der Waals surface area contributed by atoms with E-state index in [0.717, 1.165) is 29.9 Å². The molecule has 0 saturated heterocycles. The van der Waals surface area contributed by atoms with Crippen LogP contribution in [-0.4, -0.2) is 21.9 Å². The molecule has 0 aliphatic heterocycles. The highest BCUT2D eigenvalue weighted by molar-refractivity contribution is 6.44. The summed E-state index contributed by atoms with van der Waals surface area (Å²) in [7, 11) is 0.813. The molecule has 1 nitrogen and oxygen atoms in total. The molecule has 0 heterocycles. The summed E-state index contributed by atoms with van der Waals surface area (Å²) in [6.45, 7) is 0.808. The van der Waals surface area contributed by atoms with Gasteiger partial charge in [0.2, 0.25) is 0 Å². The third-order valence-corrected chi connectivity index (χ3v) is 1.62. The highest BCUT2D eigenvalue weighted by atomic mass is 35.5. The molecule has 0 amide bonds. The largest absolute Gasteiger partial charge is 0.428 e. The van der Waals surface area contributed by atoms with Crippen LogP contribution >= 0.6 is 23.2 Å². The van der Waals surface area contributed by atoms with E-state index in [4.69, 9.17) is 27.6 Å². The van der Waals surface area contributed by atoms with E-state index < -0.39 is 0 Å². The quantitative estimate of drug-likeness (QED) is 0.348. The minimum atomic E-state index is -0.216. The molecule has 0 atom stereocenters. The summed E-state index contributed by atoms with van der Waals surface area (Å²) in [5.74, 6) is 0. The van der Waals surface area contributed by atoms with Gasteiger partial charge in [0.05, 0.1) is 0 Å². The van der Waals surface area contributed by atoms with Gasteiger partial charge in [-0.15, -0.1) is 23.2 Å². The van der Waals surface area contributed by atoms with Crippen molar-refractivity contribution in [3.63, 3.8) is 0 Å².